The highest BCUT2D eigenvalue weighted by atomic mass is 19.4. The van der Waals surface area contributed by atoms with Crippen molar-refractivity contribution >= 4 is 17.0 Å². The molecule has 10 heteroatoms. The summed E-state index contributed by atoms with van der Waals surface area (Å²) in [7, 11) is 0. The molecule has 4 rings (SSSR count). The van der Waals surface area contributed by atoms with Crippen molar-refractivity contribution in [3.05, 3.63) is 40.0 Å². The summed E-state index contributed by atoms with van der Waals surface area (Å²) in [5, 5.41) is 10.8. The molecule has 3 aromatic heterocycles. The average Bonchev–Trinajstić information content (AvgIpc) is 3.29. The van der Waals surface area contributed by atoms with Crippen LogP contribution in [0.1, 0.15) is 64.4 Å². The monoisotopic (exact) mass is 421 g/mol. The van der Waals surface area contributed by atoms with Crippen LogP contribution < -0.4 is 0 Å². The summed E-state index contributed by atoms with van der Waals surface area (Å²) in [6, 6.07) is 1.01. The Bertz CT molecular complexity index is 1100. The van der Waals surface area contributed by atoms with Crippen LogP contribution in [0.15, 0.2) is 10.6 Å². The van der Waals surface area contributed by atoms with E-state index < -0.39 is 11.7 Å². The number of likely N-dealkylation sites (tertiary alicyclic amines) is 1. The molecule has 0 aliphatic carbocycles. The van der Waals surface area contributed by atoms with E-state index in [4.69, 9.17) is 4.52 Å². The first kappa shape index (κ1) is 20.4. The maximum absolute atomic E-state index is 13.7. The molecule has 0 spiro atoms. The van der Waals surface area contributed by atoms with Gasteiger partial charge in [-0.3, -0.25) is 9.89 Å². The van der Waals surface area contributed by atoms with Crippen LogP contribution in [0.4, 0.5) is 13.2 Å². The van der Waals surface area contributed by atoms with Crippen LogP contribution in [-0.2, 0) is 12.6 Å². The number of aromatic nitrogens is 4. The first-order valence-corrected chi connectivity index (χ1v) is 9.88. The first-order valence-electron chi connectivity index (χ1n) is 9.88. The molecule has 30 heavy (non-hydrogen) atoms. The molecule has 3 aromatic rings. The van der Waals surface area contributed by atoms with E-state index in [-0.39, 0.29) is 40.9 Å². The minimum Gasteiger partial charge on any atom is -0.337 e. The van der Waals surface area contributed by atoms with Gasteiger partial charge in [-0.2, -0.15) is 18.3 Å². The molecule has 0 saturated carbocycles. The summed E-state index contributed by atoms with van der Waals surface area (Å²) >= 11 is 0. The summed E-state index contributed by atoms with van der Waals surface area (Å²) in [6.45, 7) is 6.05. The molecule has 1 aliphatic rings. The zero-order valence-electron chi connectivity index (χ0n) is 16.9. The Morgan fingerprint density at radius 1 is 1.37 bits per heavy atom. The number of aromatic amines is 1. The molecule has 7 nitrogen and oxygen atoms in total. The van der Waals surface area contributed by atoms with Crippen molar-refractivity contribution in [3.63, 3.8) is 0 Å². The van der Waals surface area contributed by atoms with Crippen LogP contribution in [-0.4, -0.2) is 44.2 Å². The lowest BCUT2D eigenvalue weighted by atomic mass is 9.91. The van der Waals surface area contributed by atoms with Crippen LogP contribution in [0.2, 0.25) is 0 Å². The van der Waals surface area contributed by atoms with E-state index in [0.717, 1.165) is 23.7 Å². The molecule has 1 atom stereocenters. The van der Waals surface area contributed by atoms with Crippen molar-refractivity contribution in [2.75, 3.05) is 13.1 Å². The zero-order valence-corrected chi connectivity index (χ0v) is 16.9. The third kappa shape index (κ3) is 3.44. The third-order valence-corrected chi connectivity index (χ3v) is 5.67. The predicted octanol–water partition coefficient (Wildman–Crippen LogP) is 4.16. The van der Waals surface area contributed by atoms with Gasteiger partial charge in [-0.1, -0.05) is 12.1 Å². The summed E-state index contributed by atoms with van der Waals surface area (Å²) in [6.07, 6.45) is -2.57. The average molecular weight is 421 g/mol. The number of H-pyrrole nitrogens is 1. The summed E-state index contributed by atoms with van der Waals surface area (Å²) < 4.78 is 46.1. The van der Waals surface area contributed by atoms with Crippen LogP contribution >= 0.6 is 0 Å². The number of amides is 1. The topological polar surface area (TPSA) is 87.9 Å². The van der Waals surface area contributed by atoms with Gasteiger partial charge in [0.1, 0.15) is 0 Å². The van der Waals surface area contributed by atoms with Gasteiger partial charge in [-0.25, -0.2) is 4.98 Å². The molecule has 160 valence electrons. The van der Waals surface area contributed by atoms with E-state index in [1.165, 1.54) is 6.92 Å². The van der Waals surface area contributed by atoms with Crippen molar-refractivity contribution in [2.24, 2.45) is 0 Å². The lowest BCUT2D eigenvalue weighted by molar-refractivity contribution is -0.136. The highest BCUT2D eigenvalue weighted by Crippen LogP contribution is 2.40. The van der Waals surface area contributed by atoms with Crippen LogP contribution in [0.25, 0.3) is 11.1 Å². The van der Waals surface area contributed by atoms with Gasteiger partial charge in [0, 0.05) is 36.0 Å². The summed E-state index contributed by atoms with van der Waals surface area (Å²) in [5.41, 5.74) is 1.53. The fourth-order valence-electron chi connectivity index (χ4n) is 4.12. The van der Waals surface area contributed by atoms with E-state index in [0.29, 0.717) is 25.1 Å². The third-order valence-electron chi connectivity index (χ3n) is 5.67. The Morgan fingerprint density at radius 2 is 2.13 bits per heavy atom. The van der Waals surface area contributed by atoms with Gasteiger partial charge >= 0.3 is 6.18 Å². The number of aryl methyl sites for hydroxylation is 2. The molecule has 0 bridgehead atoms. The second-order valence-electron chi connectivity index (χ2n) is 7.68. The molecule has 1 N–H and O–H groups in total. The van der Waals surface area contributed by atoms with Crippen molar-refractivity contribution < 1.29 is 22.5 Å². The molecule has 1 fully saturated rings. The Hall–Kier alpha value is -2.91. The van der Waals surface area contributed by atoms with Gasteiger partial charge in [-0.15, -0.1) is 0 Å². The quantitative estimate of drug-likeness (QED) is 0.686. The zero-order chi connectivity index (χ0) is 21.6. The molecule has 4 heterocycles. The number of nitrogens with zero attached hydrogens (tertiary/aromatic N) is 4. The van der Waals surface area contributed by atoms with Gasteiger partial charge in [0.25, 0.3) is 11.6 Å². The number of carbonyl (C=O) groups is 1. The van der Waals surface area contributed by atoms with Crippen LogP contribution in [0.5, 0.6) is 0 Å². The minimum absolute atomic E-state index is 0.114. The van der Waals surface area contributed by atoms with E-state index in [1.54, 1.807) is 4.90 Å². The highest BCUT2D eigenvalue weighted by molar-refractivity contribution is 5.94. The largest absolute Gasteiger partial charge is 0.417 e. The van der Waals surface area contributed by atoms with Crippen LogP contribution in [0.3, 0.4) is 0 Å². The molecule has 1 saturated heterocycles. The molecule has 0 aromatic carbocycles. The lowest BCUT2D eigenvalue weighted by Gasteiger charge is -2.31. The SMILES string of the molecule is CCc1[nH]nc(C(=O)N2CCCC(c3noc4nc(C)cc(C(F)(F)F)c34)C2)c1C. The van der Waals surface area contributed by atoms with Gasteiger partial charge in [-0.05, 0) is 39.2 Å². The molecular formula is C20H22F3N5O2. The Morgan fingerprint density at radius 3 is 2.80 bits per heavy atom. The fraction of sp³-hybridized carbons (Fsp3) is 0.500. The standard InChI is InChI=1S/C20H22F3N5O2/c1-4-14-11(3)16(26-25-14)19(29)28-7-5-6-12(9-28)17-15-13(20(21,22)23)8-10(2)24-18(15)30-27-17/h8,12H,4-7,9H2,1-3H3,(H,25,26). The molecule has 1 amide bonds. The van der Waals surface area contributed by atoms with Crippen molar-refractivity contribution in [2.45, 2.75) is 52.1 Å². The van der Waals surface area contributed by atoms with Gasteiger partial charge in [0.05, 0.1) is 16.6 Å². The number of halogens is 3. The van der Waals surface area contributed by atoms with E-state index >= 15 is 0 Å². The van der Waals surface area contributed by atoms with E-state index in [9.17, 15) is 18.0 Å². The number of rotatable bonds is 3. The number of nitrogens with one attached hydrogen (secondary N) is 1. The van der Waals surface area contributed by atoms with Crippen LogP contribution in [0, 0.1) is 13.8 Å². The Kier molecular flexibility index (Phi) is 5.03. The number of hydrogen-bond donors (Lipinski definition) is 1. The van der Waals surface area contributed by atoms with Gasteiger partial charge in [0.15, 0.2) is 5.69 Å². The smallest absolute Gasteiger partial charge is 0.337 e. The highest BCUT2D eigenvalue weighted by Gasteiger charge is 2.38. The normalized spacial score (nSPS) is 17.7. The lowest BCUT2D eigenvalue weighted by Crippen LogP contribution is -2.39. The minimum atomic E-state index is -4.56. The van der Waals surface area contributed by atoms with Crippen molar-refractivity contribution in [3.8, 4) is 0 Å². The molecular weight excluding hydrogens is 399 g/mol. The second kappa shape index (κ2) is 7.41. The molecule has 1 aliphatic heterocycles. The number of alkyl halides is 3. The number of carbonyl (C=O) groups excluding carboxylic acids is 1. The van der Waals surface area contributed by atoms with E-state index in [2.05, 4.69) is 20.3 Å². The Balaban J connectivity index is 1.68. The van der Waals surface area contributed by atoms with Gasteiger partial charge in [0.2, 0.25) is 0 Å². The Labute approximate surface area is 170 Å². The maximum Gasteiger partial charge on any atom is 0.417 e. The number of pyridine rings is 1. The number of fused-ring (bicyclic) bond motifs is 1. The number of hydrogen-bond acceptors (Lipinski definition) is 5. The van der Waals surface area contributed by atoms with Gasteiger partial charge < -0.3 is 9.42 Å². The molecule has 0 radical (unpaired) electrons. The second-order valence-corrected chi connectivity index (χ2v) is 7.68. The van der Waals surface area contributed by atoms with Crippen molar-refractivity contribution in [1.82, 2.24) is 25.2 Å². The predicted molar refractivity (Wildman–Crippen MR) is 102 cm³/mol. The summed E-state index contributed by atoms with van der Waals surface area (Å²) in [4.78, 5) is 18.7. The fourth-order valence-corrected chi connectivity index (χ4v) is 4.12. The molecule has 1 unspecified atom stereocenters. The first-order chi connectivity index (χ1) is 14.2. The maximum atomic E-state index is 13.7. The van der Waals surface area contributed by atoms with Crippen molar-refractivity contribution in [1.29, 1.82) is 0 Å². The number of piperidine rings is 1. The summed E-state index contributed by atoms with van der Waals surface area (Å²) in [5.74, 6) is -0.606. The van der Waals surface area contributed by atoms with E-state index in [1.807, 2.05) is 13.8 Å².